The lowest BCUT2D eigenvalue weighted by Crippen LogP contribution is -2.24. The van der Waals surface area contributed by atoms with Gasteiger partial charge in [0.1, 0.15) is 5.60 Å². The van der Waals surface area contributed by atoms with Crippen LogP contribution in [0.4, 0.5) is 5.69 Å². The molecule has 0 aliphatic carbocycles. The van der Waals surface area contributed by atoms with Gasteiger partial charge in [-0.2, -0.15) is 0 Å². The molecule has 0 atom stereocenters. The molecule has 0 fully saturated rings. The van der Waals surface area contributed by atoms with Crippen LogP contribution in [0.1, 0.15) is 20.8 Å². The fourth-order valence-electron chi connectivity index (χ4n) is 1.56. The zero-order valence-electron chi connectivity index (χ0n) is 11.8. The van der Waals surface area contributed by atoms with Crippen LogP contribution in [0.2, 0.25) is 0 Å². The number of nitro groups is 1. The summed E-state index contributed by atoms with van der Waals surface area (Å²) in [7, 11) is 0. The Morgan fingerprint density at radius 2 is 2.19 bits per heavy atom. The molecule has 0 N–H and O–H groups in total. The Bertz CT molecular complexity index is 691. The van der Waals surface area contributed by atoms with E-state index in [1.165, 1.54) is 35.2 Å². The van der Waals surface area contributed by atoms with Crippen molar-refractivity contribution in [3.05, 3.63) is 28.3 Å². The van der Waals surface area contributed by atoms with Gasteiger partial charge in [-0.3, -0.25) is 14.9 Å². The SMILES string of the molecule is CC(C)(C)OC(=O)CSc1nc2ccc([N+](=O)[O-])cc2s1. The molecular weight excluding hydrogens is 312 g/mol. The molecule has 0 bridgehead atoms. The monoisotopic (exact) mass is 326 g/mol. The van der Waals surface area contributed by atoms with Crippen molar-refractivity contribution in [2.24, 2.45) is 0 Å². The molecule has 0 amide bonds. The Balaban J connectivity index is 2.06. The first-order chi connectivity index (χ1) is 9.74. The summed E-state index contributed by atoms with van der Waals surface area (Å²) in [6.07, 6.45) is 0. The van der Waals surface area contributed by atoms with E-state index >= 15 is 0 Å². The van der Waals surface area contributed by atoms with Gasteiger partial charge in [0.05, 0.1) is 20.9 Å². The minimum atomic E-state index is -0.508. The smallest absolute Gasteiger partial charge is 0.316 e. The number of thiazole rings is 1. The summed E-state index contributed by atoms with van der Waals surface area (Å²) in [4.78, 5) is 26.3. The van der Waals surface area contributed by atoms with E-state index in [1.807, 2.05) is 20.8 Å². The number of ether oxygens (including phenoxy) is 1. The fourth-order valence-corrected chi connectivity index (χ4v) is 3.43. The van der Waals surface area contributed by atoms with Gasteiger partial charge in [-0.15, -0.1) is 11.3 Å². The van der Waals surface area contributed by atoms with E-state index in [0.717, 1.165) is 4.70 Å². The van der Waals surface area contributed by atoms with Crippen molar-refractivity contribution in [3.63, 3.8) is 0 Å². The van der Waals surface area contributed by atoms with Crippen LogP contribution in [0, 0.1) is 10.1 Å². The second-order valence-electron chi connectivity index (χ2n) is 5.26. The van der Waals surface area contributed by atoms with Crippen molar-refractivity contribution < 1.29 is 14.5 Å². The fraction of sp³-hybridized carbons (Fsp3) is 0.385. The van der Waals surface area contributed by atoms with Crippen molar-refractivity contribution in [1.29, 1.82) is 0 Å². The van der Waals surface area contributed by atoms with Gasteiger partial charge in [0.15, 0.2) is 4.34 Å². The molecule has 1 aromatic heterocycles. The van der Waals surface area contributed by atoms with Crippen LogP contribution >= 0.6 is 23.1 Å². The number of fused-ring (bicyclic) bond motifs is 1. The maximum atomic E-state index is 11.6. The van der Waals surface area contributed by atoms with E-state index in [4.69, 9.17) is 4.74 Å². The molecule has 1 aromatic carbocycles. The van der Waals surface area contributed by atoms with E-state index in [9.17, 15) is 14.9 Å². The van der Waals surface area contributed by atoms with Crippen LogP contribution in [0.25, 0.3) is 10.2 Å². The van der Waals surface area contributed by atoms with Crippen molar-refractivity contribution in [2.75, 3.05) is 5.75 Å². The van der Waals surface area contributed by atoms with E-state index in [1.54, 1.807) is 6.07 Å². The highest BCUT2D eigenvalue weighted by atomic mass is 32.2. The van der Waals surface area contributed by atoms with Crippen LogP contribution < -0.4 is 0 Å². The third-order valence-electron chi connectivity index (χ3n) is 2.30. The topological polar surface area (TPSA) is 82.3 Å². The zero-order chi connectivity index (χ0) is 15.6. The number of esters is 1. The third kappa shape index (κ3) is 4.40. The first-order valence-electron chi connectivity index (χ1n) is 6.14. The molecule has 6 nitrogen and oxygen atoms in total. The summed E-state index contributed by atoms with van der Waals surface area (Å²) in [5.74, 6) is -0.142. The Hall–Kier alpha value is -1.67. The molecule has 0 unspecified atom stereocenters. The number of thioether (sulfide) groups is 1. The van der Waals surface area contributed by atoms with E-state index < -0.39 is 10.5 Å². The highest BCUT2D eigenvalue weighted by Gasteiger charge is 2.17. The number of hydrogen-bond donors (Lipinski definition) is 0. The van der Waals surface area contributed by atoms with Crippen molar-refractivity contribution >= 4 is 45.0 Å². The number of nitrogens with zero attached hydrogens (tertiary/aromatic N) is 2. The number of aromatic nitrogens is 1. The van der Waals surface area contributed by atoms with Crippen molar-refractivity contribution in [2.45, 2.75) is 30.7 Å². The summed E-state index contributed by atoms with van der Waals surface area (Å²) >= 11 is 2.60. The summed E-state index contributed by atoms with van der Waals surface area (Å²) in [5, 5.41) is 10.7. The molecule has 0 aliphatic heterocycles. The molecule has 0 spiro atoms. The molecule has 1 heterocycles. The first kappa shape index (κ1) is 15.7. The maximum Gasteiger partial charge on any atom is 0.316 e. The van der Waals surface area contributed by atoms with Gasteiger partial charge >= 0.3 is 5.97 Å². The number of non-ortho nitro benzene ring substituents is 1. The van der Waals surface area contributed by atoms with Crippen molar-refractivity contribution in [3.8, 4) is 0 Å². The lowest BCUT2D eigenvalue weighted by Gasteiger charge is -2.18. The van der Waals surface area contributed by atoms with E-state index in [0.29, 0.717) is 9.86 Å². The minimum absolute atomic E-state index is 0.0369. The zero-order valence-corrected chi connectivity index (χ0v) is 13.4. The van der Waals surface area contributed by atoms with E-state index in [-0.39, 0.29) is 17.4 Å². The summed E-state index contributed by atoms with van der Waals surface area (Å²) in [6, 6.07) is 4.52. The number of rotatable bonds is 4. The molecule has 2 rings (SSSR count). The lowest BCUT2D eigenvalue weighted by atomic mass is 10.2. The lowest BCUT2D eigenvalue weighted by molar-refractivity contribution is -0.384. The Kier molecular flexibility index (Phi) is 4.48. The molecule has 0 saturated carbocycles. The third-order valence-corrected chi connectivity index (χ3v) is 4.43. The standard InChI is InChI=1S/C13H14N2O4S2/c1-13(2,3)19-11(16)7-20-12-14-9-5-4-8(15(17)18)6-10(9)21-12/h4-6H,7H2,1-3H3. The first-order valence-corrected chi connectivity index (χ1v) is 7.94. The molecule has 2 aromatic rings. The quantitative estimate of drug-likeness (QED) is 0.369. The van der Waals surface area contributed by atoms with Gasteiger partial charge in [0, 0.05) is 12.1 Å². The highest BCUT2D eigenvalue weighted by Crippen LogP contribution is 2.31. The number of nitro benzene ring substituents is 1. The Morgan fingerprint density at radius 1 is 1.48 bits per heavy atom. The highest BCUT2D eigenvalue weighted by molar-refractivity contribution is 8.01. The van der Waals surface area contributed by atoms with Crippen LogP contribution in [0.3, 0.4) is 0 Å². The molecule has 0 aliphatic rings. The number of benzene rings is 1. The van der Waals surface area contributed by atoms with Gasteiger partial charge < -0.3 is 4.74 Å². The van der Waals surface area contributed by atoms with Crippen LogP contribution in [-0.2, 0) is 9.53 Å². The molecule has 0 saturated heterocycles. The molecule has 21 heavy (non-hydrogen) atoms. The number of carbonyl (C=O) groups excluding carboxylic acids is 1. The second-order valence-corrected chi connectivity index (χ2v) is 7.52. The predicted molar refractivity (Wildman–Crippen MR) is 82.8 cm³/mol. The second kappa shape index (κ2) is 5.98. The van der Waals surface area contributed by atoms with Crippen LogP contribution in [0.5, 0.6) is 0 Å². The largest absolute Gasteiger partial charge is 0.459 e. The number of hydrogen-bond acceptors (Lipinski definition) is 7. The van der Waals surface area contributed by atoms with Gasteiger partial charge in [0.2, 0.25) is 0 Å². The Morgan fingerprint density at radius 3 is 2.81 bits per heavy atom. The van der Waals surface area contributed by atoms with Crippen molar-refractivity contribution in [1.82, 2.24) is 4.98 Å². The van der Waals surface area contributed by atoms with Gasteiger partial charge in [-0.05, 0) is 26.8 Å². The normalized spacial score (nSPS) is 11.6. The molecule has 8 heteroatoms. The number of carbonyl (C=O) groups is 1. The summed E-state index contributed by atoms with van der Waals surface area (Å²) in [5.41, 5.74) is 0.221. The Labute approximate surface area is 129 Å². The minimum Gasteiger partial charge on any atom is -0.459 e. The maximum absolute atomic E-state index is 11.6. The van der Waals surface area contributed by atoms with Gasteiger partial charge in [0.25, 0.3) is 5.69 Å². The average molecular weight is 326 g/mol. The summed E-state index contributed by atoms with van der Waals surface area (Å²) in [6.45, 7) is 5.44. The molecule has 112 valence electrons. The van der Waals surface area contributed by atoms with E-state index in [2.05, 4.69) is 4.98 Å². The molecule has 0 radical (unpaired) electrons. The van der Waals surface area contributed by atoms with Gasteiger partial charge in [-0.1, -0.05) is 11.8 Å². The average Bonchev–Trinajstić information content (AvgIpc) is 2.75. The van der Waals surface area contributed by atoms with Gasteiger partial charge in [-0.25, -0.2) is 4.98 Å². The molecular formula is C13H14N2O4S2. The predicted octanol–water partition coefficient (Wildman–Crippen LogP) is 3.64. The van der Waals surface area contributed by atoms with Crippen LogP contribution in [0.15, 0.2) is 22.5 Å². The summed E-state index contributed by atoms with van der Waals surface area (Å²) < 4.78 is 6.64. The van der Waals surface area contributed by atoms with Crippen LogP contribution in [-0.4, -0.2) is 27.2 Å².